The molecule has 0 spiro atoms. The van der Waals surface area contributed by atoms with Crippen LogP contribution in [0.2, 0.25) is 0 Å². The Balaban J connectivity index is 2.41. The molecule has 2 rings (SSSR count). The van der Waals surface area contributed by atoms with Crippen molar-refractivity contribution in [2.24, 2.45) is 5.73 Å². The number of alkyl halides is 3. The van der Waals surface area contributed by atoms with Gasteiger partial charge in [-0.15, -0.1) is 0 Å². The molecule has 4 N–H and O–H groups in total. The van der Waals surface area contributed by atoms with Gasteiger partial charge in [-0.3, -0.25) is 9.59 Å². The van der Waals surface area contributed by atoms with Gasteiger partial charge in [0, 0.05) is 19.5 Å². The van der Waals surface area contributed by atoms with E-state index in [2.05, 4.69) is 10.6 Å². The average Bonchev–Trinajstić information content (AvgIpc) is 2.67. The minimum Gasteiger partial charge on any atom is -0.357 e. The number of hydrogen-bond acceptors (Lipinski definition) is 3. The van der Waals surface area contributed by atoms with E-state index < -0.39 is 46.9 Å². The zero-order valence-corrected chi connectivity index (χ0v) is 14.9. The summed E-state index contributed by atoms with van der Waals surface area (Å²) in [7, 11) is 1.33. The number of nitrogens with one attached hydrogen (secondary N) is 2. The second kappa shape index (κ2) is 8.83. The molecule has 0 aliphatic rings. The summed E-state index contributed by atoms with van der Waals surface area (Å²) in [4.78, 5) is 24.9. The van der Waals surface area contributed by atoms with Crippen LogP contribution in [0.1, 0.15) is 27.4 Å². The Morgan fingerprint density at radius 3 is 2.29 bits per heavy atom. The molecular formula is C19H19F4N3O2. The lowest BCUT2D eigenvalue weighted by Crippen LogP contribution is -2.51. The molecule has 2 amide bonds. The van der Waals surface area contributed by atoms with Crippen LogP contribution in [0.3, 0.4) is 0 Å². The summed E-state index contributed by atoms with van der Waals surface area (Å²) < 4.78 is 52.9. The van der Waals surface area contributed by atoms with Crippen LogP contribution in [0.25, 0.3) is 0 Å². The van der Waals surface area contributed by atoms with Gasteiger partial charge in [-0.05, 0) is 23.8 Å². The second-order valence-electron chi connectivity index (χ2n) is 6.01. The van der Waals surface area contributed by atoms with Crippen molar-refractivity contribution in [2.75, 3.05) is 13.6 Å². The Morgan fingerprint density at radius 2 is 1.75 bits per heavy atom. The molecule has 0 unspecified atom stereocenters. The summed E-state index contributed by atoms with van der Waals surface area (Å²) in [5.74, 6) is -3.59. The monoisotopic (exact) mass is 397 g/mol. The lowest BCUT2D eigenvalue weighted by atomic mass is 9.90. The Labute approximate surface area is 158 Å². The fraction of sp³-hybridized carbons (Fsp3) is 0.263. The maximum absolute atomic E-state index is 13.3. The third-order valence-corrected chi connectivity index (χ3v) is 4.23. The van der Waals surface area contributed by atoms with Crippen LogP contribution in [0.5, 0.6) is 0 Å². The highest BCUT2D eigenvalue weighted by Gasteiger charge is 2.37. The molecule has 2 atom stereocenters. The van der Waals surface area contributed by atoms with E-state index in [1.807, 2.05) is 0 Å². The molecule has 0 aromatic heterocycles. The Kier molecular flexibility index (Phi) is 6.74. The van der Waals surface area contributed by atoms with E-state index in [0.29, 0.717) is 5.56 Å². The molecule has 0 saturated heterocycles. The van der Waals surface area contributed by atoms with Crippen molar-refractivity contribution >= 4 is 11.8 Å². The highest BCUT2D eigenvalue weighted by molar-refractivity contribution is 5.99. The van der Waals surface area contributed by atoms with E-state index in [0.717, 1.165) is 12.1 Å². The van der Waals surface area contributed by atoms with Crippen molar-refractivity contribution in [3.8, 4) is 0 Å². The number of benzene rings is 2. The van der Waals surface area contributed by atoms with Gasteiger partial charge in [0.25, 0.3) is 5.91 Å². The van der Waals surface area contributed by atoms with E-state index in [4.69, 9.17) is 5.73 Å². The van der Waals surface area contributed by atoms with Crippen LogP contribution in [0.15, 0.2) is 48.5 Å². The van der Waals surface area contributed by atoms with Crippen molar-refractivity contribution in [2.45, 2.75) is 18.1 Å². The van der Waals surface area contributed by atoms with Gasteiger partial charge in [-0.2, -0.15) is 13.2 Å². The summed E-state index contributed by atoms with van der Waals surface area (Å²) >= 11 is 0. The molecule has 0 saturated carbocycles. The zero-order chi connectivity index (χ0) is 20.9. The normalized spacial score (nSPS) is 13.5. The fourth-order valence-corrected chi connectivity index (χ4v) is 2.84. The number of nitrogens with two attached hydrogens (primary N) is 1. The molecule has 0 aliphatic carbocycles. The maximum atomic E-state index is 13.3. The number of halogens is 4. The van der Waals surface area contributed by atoms with Gasteiger partial charge >= 0.3 is 6.18 Å². The number of carbonyl (C=O) groups is 2. The summed E-state index contributed by atoms with van der Waals surface area (Å²) in [5, 5.41) is 4.68. The predicted molar refractivity (Wildman–Crippen MR) is 95.0 cm³/mol. The van der Waals surface area contributed by atoms with Gasteiger partial charge in [0.2, 0.25) is 5.91 Å². The number of rotatable bonds is 6. The highest BCUT2D eigenvalue weighted by Crippen LogP contribution is 2.32. The van der Waals surface area contributed by atoms with Crippen LogP contribution < -0.4 is 16.4 Å². The van der Waals surface area contributed by atoms with Crippen LogP contribution in [0.4, 0.5) is 17.6 Å². The van der Waals surface area contributed by atoms with Gasteiger partial charge < -0.3 is 16.4 Å². The lowest BCUT2D eigenvalue weighted by molar-refractivity contribution is -0.138. The fourth-order valence-electron chi connectivity index (χ4n) is 2.84. The standard InChI is InChI=1S/C19H19F4N3O2/c1-25-18(28)16(14(10-24)11-5-3-2-4-6-11)26-17(27)13-8-7-12(20)9-15(13)19(21,22)23/h2-9,14,16H,10,24H2,1H3,(H,25,28)(H,26,27)/t14-,16+/m1/s1. The number of amides is 2. The molecule has 0 radical (unpaired) electrons. The molecule has 9 heteroatoms. The van der Waals surface area contributed by atoms with Crippen LogP contribution in [-0.4, -0.2) is 31.4 Å². The van der Waals surface area contributed by atoms with Crippen molar-refractivity contribution in [3.63, 3.8) is 0 Å². The van der Waals surface area contributed by atoms with Gasteiger partial charge in [0.1, 0.15) is 11.9 Å². The minimum absolute atomic E-state index is 0.0437. The molecule has 0 fully saturated rings. The third-order valence-electron chi connectivity index (χ3n) is 4.23. The average molecular weight is 397 g/mol. The summed E-state index contributed by atoms with van der Waals surface area (Å²) in [5.41, 5.74) is 4.19. The highest BCUT2D eigenvalue weighted by atomic mass is 19.4. The van der Waals surface area contributed by atoms with E-state index in [-0.39, 0.29) is 12.6 Å². The molecule has 2 aromatic carbocycles. The first kappa shape index (κ1) is 21.4. The van der Waals surface area contributed by atoms with Gasteiger partial charge in [-0.25, -0.2) is 4.39 Å². The first-order valence-electron chi connectivity index (χ1n) is 8.33. The first-order valence-corrected chi connectivity index (χ1v) is 8.33. The number of hydrogen-bond donors (Lipinski definition) is 3. The minimum atomic E-state index is -4.94. The van der Waals surface area contributed by atoms with Crippen molar-refractivity contribution in [1.82, 2.24) is 10.6 Å². The summed E-state index contributed by atoms with van der Waals surface area (Å²) in [6.45, 7) is -0.0437. The van der Waals surface area contributed by atoms with Crippen LogP contribution in [-0.2, 0) is 11.0 Å². The SMILES string of the molecule is CNC(=O)[C@@H](NC(=O)c1ccc(F)cc1C(F)(F)F)[C@H](CN)c1ccccc1. The predicted octanol–water partition coefficient (Wildman–Crippen LogP) is 2.43. The topological polar surface area (TPSA) is 84.2 Å². The molecule has 2 aromatic rings. The van der Waals surface area contributed by atoms with Crippen molar-refractivity contribution in [1.29, 1.82) is 0 Å². The molecule has 0 aliphatic heterocycles. The third kappa shape index (κ3) is 4.86. The summed E-state index contributed by atoms with van der Waals surface area (Å²) in [6, 6.07) is 9.05. The van der Waals surface area contributed by atoms with E-state index in [1.165, 1.54) is 7.05 Å². The Bertz CT molecular complexity index is 841. The van der Waals surface area contributed by atoms with Crippen LogP contribution in [0, 0.1) is 5.82 Å². The Morgan fingerprint density at radius 1 is 1.11 bits per heavy atom. The van der Waals surface area contributed by atoms with E-state index >= 15 is 0 Å². The summed E-state index contributed by atoms with van der Waals surface area (Å²) in [6.07, 6.45) is -4.94. The van der Waals surface area contributed by atoms with Crippen molar-refractivity contribution in [3.05, 3.63) is 71.0 Å². The van der Waals surface area contributed by atoms with Crippen molar-refractivity contribution < 1.29 is 27.2 Å². The molecule has 0 bridgehead atoms. The molecule has 28 heavy (non-hydrogen) atoms. The first-order chi connectivity index (χ1) is 13.2. The zero-order valence-electron chi connectivity index (χ0n) is 14.9. The van der Waals surface area contributed by atoms with Gasteiger partial charge in [-0.1, -0.05) is 30.3 Å². The number of carbonyl (C=O) groups excluding carboxylic acids is 2. The number of likely N-dealkylation sites (N-methyl/N-ethyl adjacent to an activating group) is 1. The molecule has 0 heterocycles. The van der Waals surface area contributed by atoms with Gasteiger partial charge in [0.15, 0.2) is 0 Å². The van der Waals surface area contributed by atoms with E-state index in [9.17, 15) is 27.2 Å². The lowest BCUT2D eigenvalue weighted by Gasteiger charge is -2.26. The van der Waals surface area contributed by atoms with Crippen LogP contribution >= 0.6 is 0 Å². The quantitative estimate of drug-likeness (QED) is 0.655. The molecule has 150 valence electrons. The Hall–Kier alpha value is -2.94. The molecule has 5 nitrogen and oxygen atoms in total. The molecular weight excluding hydrogens is 378 g/mol. The smallest absolute Gasteiger partial charge is 0.357 e. The maximum Gasteiger partial charge on any atom is 0.417 e. The largest absolute Gasteiger partial charge is 0.417 e. The second-order valence-corrected chi connectivity index (χ2v) is 6.01. The van der Waals surface area contributed by atoms with E-state index in [1.54, 1.807) is 30.3 Å². The van der Waals surface area contributed by atoms with Gasteiger partial charge in [0.05, 0.1) is 11.1 Å².